The summed E-state index contributed by atoms with van der Waals surface area (Å²) in [7, 11) is 0. The van der Waals surface area contributed by atoms with Gasteiger partial charge in [-0.1, -0.05) is 15.9 Å². The fourth-order valence-electron chi connectivity index (χ4n) is 1.79. The molecule has 4 heteroatoms. The topological polar surface area (TPSA) is 27.1 Å². The van der Waals surface area contributed by atoms with Crippen LogP contribution in [0.15, 0.2) is 35.1 Å². The standard InChI is InChI=1S/C11H9BrN2O/c12-8-1-2-9-10(7-8)15-6-5-14-4-3-13-11(9)14/h1-4,7H,5-6H2. The second kappa shape index (κ2) is 3.38. The molecule has 0 aliphatic carbocycles. The number of fused-ring (bicyclic) bond motifs is 3. The van der Waals surface area contributed by atoms with E-state index in [-0.39, 0.29) is 0 Å². The minimum absolute atomic E-state index is 0.687. The monoisotopic (exact) mass is 264 g/mol. The van der Waals surface area contributed by atoms with Gasteiger partial charge in [0.15, 0.2) is 0 Å². The van der Waals surface area contributed by atoms with Crippen LogP contribution in [0.5, 0.6) is 5.75 Å². The Labute approximate surface area is 95.8 Å². The van der Waals surface area contributed by atoms with Gasteiger partial charge in [-0.2, -0.15) is 0 Å². The van der Waals surface area contributed by atoms with E-state index >= 15 is 0 Å². The number of rotatable bonds is 0. The van der Waals surface area contributed by atoms with Crippen molar-refractivity contribution in [3.63, 3.8) is 0 Å². The molecule has 15 heavy (non-hydrogen) atoms. The summed E-state index contributed by atoms with van der Waals surface area (Å²) < 4.78 is 8.82. The van der Waals surface area contributed by atoms with Crippen LogP contribution in [0.25, 0.3) is 11.4 Å². The minimum atomic E-state index is 0.687. The highest BCUT2D eigenvalue weighted by Crippen LogP contribution is 2.33. The fourth-order valence-corrected chi connectivity index (χ4v) is 2.13. The quantitative estimate of drug-likeness (QED) is 0.732. The van der Waals surface area contributed by atoms with Crippen molar-refractivity contribution in [3.05, 3.63) is 35.1 Å². The van der Waals surface area contributed by atoms with Crippen LogP contribution in [0.4, 0.5) is 0 Å². The number of hydrogen-bond donors (Lipinski definition) is 0. The Balaban J connectivity index is 2.25. The maximum absolute atomic E-state index is 5.68. The van der Waals surface area contributed by atoms with Gasteiger partial charge in [0.2, 0.25) is 0 Å². The van der Waals surface area contributed by atoms with E-state index in [4.69, 9.17) is 4.74 Å². The van der Waals surface area contributed by atoms with Gasteiger partial charge >= 0.3 is 0 Å². The fraction of sp³-hybridized carbons (Fsp3) is 0.182. The van der Waals surface area contributed by atoms with Gasteiger partial charge in [0, 0.05) is 16.9 Å². The molecule has 0 bridgehead atoms. The molecule has 0 unspecified atom stereocenters. The molecule has 0 spiro atoms. The Hall–Kier alpha value is -1.29. The van der Waals surface area contributed by atoms with Crippen molar-refractivity contribution in [3.8, 4) is 17.1 Å². The first-order valence-corrected chi connectivity index (χ1v) is 5.58. The zero-order valence-corrected chi connectivity index (χ0v) is 9.57. The number of halogens is 1. The van der Waals surface area contributed by atoms with E-state index in [1.807, 2.05) is 30.6 Å². The summed E-state index contributed by atoms with van der Waals surface area (Å²) in [5, 5.41) is 0. The van der Waals surface area contributed by atoms with E-state index in [2.05, 4.69) is 25.5 Å². The average Bonchev–Trinajstić information content (AvgIpc) is 2.61. The molecule has 0 amide bonds. The van der Waals surface area contributed by atoms with Crippen LogP contribution >= 0.6 is 15.9 Å². The molecule has 76 valence electrons. The molecule has 0 saturated carbocycles. The van der Waals surface area contributed by atoms with E-state index in [1.165, 1.54) is 0 Å². The molecule has 1 aromatic heterocycles. The van der Waals surface area contributed by atoms with E-state index < -0.39 is 0 Å². The van der Waals surface area contributed by atoms with Gasteiger partial charge in [0.05, 0.1) is 12.1 Å². The van der Waals surface area contributed by atoms with Crippen LogP contribution in [-0.2, 0) is 6.54 Å². The molecule has 0 saturated heterocycles. The van der Waals surface area contributed by atoms with Gasteiger partial charge in [0.25, 0.3) is 0 Å². The van der Waals surface area contributed by atoms with Gasteiger partial charge in [0.1, 0.15) is 18.2 Å². The Morgan fingerprint density at radius 2 is 2.33 bits per heavy atom. The van der Waals surface area contributed by atoms with Gasteiger partial charge in [-0.25, -0.2) is 4.98 Å². The highest BCUT2D eigenvalue weighted by Gasteiger charge is 2.15. The van der Waals surface area contributed by atoms with Crippen LogP contribution in [0, 0.1) is 0 Å². The van der Waals surface area contributed by atoms with E-state index in [1.54, 1.807) is 0 Å². The lowest BCUT2D eigenvalue weighted by Crippen LogP contribution is -2.04. The molecule has 1 aromatic carbocycles. The summed E-state index contributed by atoms with van der Waals surface area (Å²) in [6.45, 7) is 1.54. The Bertz CT molecular complexity index is 507. The summed E-state index contributed by atoms with van der Waals surface area (Å²) in [5.41, 5.74) is 1.06. The zero-order valence-electron chi connectivity index (χ0n) is 7.98. The lowest BCUT2D eigenvalue weighted by Gasteiger charge is -2.05. The SMILES string of the molecule is Brc1ccc2c(c1)OCCn1ccnc1-2. The van der Waals surface area contributed by atoms with Crippen molar-refractivity contribution < 1.29 is 4.74 Å². The second-order valence-corrected chi connectivity index (χ2v) is 4.35. The van der Waals surface area contributed by atoms with E-state index in [0.29, 0.717) is 6.61 Å². The summed E-state index contributed by atoms with van der Waals surface area (Å²) in [6, 6.07) is 6.02. The van der Waals surface area contributed by atoms with Crippen LogP contribution in [0.1, 0.15) is 0 Å². The maximum Gasteiger partial charge on any atom is 0.143 e. The van der Waals surface area contributed by atoms with Crippen molar-refractivity contribution in [1.82, 2.24) is 9.55 Å². The van der Waals surface area contributed by atoms with Crippen LogP contribution in [0.2, 0.25) is 0 Å². The molecule has 2 aromatic rings. The number of hydrogen-bond acceptors (Lipinski definition) is 2. The summed E-state index contributed by atoms with van der Waals surface area (Å²) in [6.07, 6.45) is 3.81. The molecule has 3 rings (SSSR count). The lowest BCUT2D eigenvalue weighted by atomic mass is 10.2. The summed E-state index contributed by atoms with van der Waals surface area (Å²) in [4.78, 5) is 4.36. The third kappa shape index (κ3) is 1.45. The zero-order chi connectivity index (χ0) is 10.3. The third-order valence-electron chi connectivity index (χ3n) is 2.49. The number of benzene rings is 1. The third-order valence-corrected chi connectivity index (χ3v) is 2.98. The predicted octanol–water partition coefficient (Wildman–Crippen LogP) is 2.71. The molecule has 0 radical (unpaired) electrons. The van der Waals surface area contributed by atoms with Gasteiger partial charge in [-0.05, 0) is 18.2 Å². The first kappa shape index (κ1) is 8.97. The number of nitrogens with zero attached hydrogens (tertiary/aromatic N) is 2. The number of imidazole rings is 1. The van der Waals surface area contributed by atoms with Gasteiger partial charge in [-0.3, -0.25) is 0 Å². The first-order chi connectivity index (χ1) is 7.34. The second-order valence-electron chi connectivity index (χ2n) is 3.43. The summed E-state index contributed by atoms with van der Waals surface area (Å²) in [5.74, 6) is 1.88. The lowest BCUT2D eigenvalue weighted by molar-refractivity contribution is 0.306. The number of ether oxygens (including phenoxy) is 1. The molecule has 3 nitrogen and oxygen atoms in total. The molecule has 1 aliphatic heterocycles. The molecule has 0 atom stereocenters. The van der Waals surface area contributed by atoms with Gasteiger partial charge in [-0.15, -0.1) is 0 Å². The molecule has 0 N–H and O–H groups in total. The van der Waals surface area contributed by atoms with Crippen molar-refractivity contribution in [1.29, 1.82) is 0 Å². The number of aromatic nitrogens is 2. The molecule has 1 aliphatic rings. The highest BCUT2D eigenvalue weighted by molar-refractivity contribution is 9.10. The smallest absolute Gasteiger partial charge is 0.143 e. The van der Waals surface area contributed by atoms with E-state index in [9.17, 15) is 0 Å². The molecule has 0 fully saturated rings. The maximum atomic E-state index is 5.68. The highest BCUT2D eigenvalue weighted by atomic mass is 79.9. The van der Waals surface area contributed by atoms with Crippen molar-refractivity contribution in [2.45, 2.75) is 6.54 Å². The van der Waals surface area contributed by atoms with Crippen LogP contribution < -0.4 is 4.74 Å². The molecular weight excluding hydrogens is 256 g/mol. The van der Waals surface area contributed by atoms with Crippen molar-refractivity contribution in [2.24, 2.45) is 0 Å². The average molecular weight is 265 g/mol. The summed E-state index contributed by atoms with van der Waals surface area (Å²) >= 11 is 3.44. The van der Waals surface area contributed by atoms with Crippen molar-refractivity contribution >= 4 is 15.9 Å². The van der Waals surface area contributed by atoms with Crippen molar-refractivity contribution in [2.75, 3.05) is 6.61 Å². The molecular formula is C11H9BrN2O. The minimum Gasteiger partial charge on any atom is -0.491 e. The predicted molar refractivity (Wildman–Crippen MR) is 60.9 cm³/mol. The Morgan fingerprint density at radius 3 is 3.27 bits per heavy atom. The Kier molecular flexibility index (Phi) is 2.02. The van der Waals surface area contributed by atoms with Gasteiger partial charge < -0.3 is 9.30 Å². The van der Waals surface area contributed by atoms with Crippen LogP contribution in [-0.4, -0.2) is 16.2 Å². The Morgan fingerprint density at radius 1 is 1.40 bits per heavy atom. The van der Waals surface area contributed by atoms with Crippen LogP contribution in [0.3, 0.4) is 0 Å². The molecule has 2 heterocycles. The largest absolute Gasteiger partial charge is 0.491 e. The normalized spacial score (nSPS) is 13.7. The van der Waals surface area contributed by atoms with E-state index in [0.717, 1.165) is 28.2 Å². The first-order valence-electron chi connectivity index (χ1n) is 4.78.